The Kier molecular flexibility index (Phi) is 16.2. The van der Waals surface area contributed by atoms with Crippen molar-refractivity contribution in [3.8, 4) is 0 Å². The van der Waals surface area contributed by atoms with E-state index in [1.807, 2.05) is 178 Å². The predicted octanol–water partition coefficient (Wildman–Crippen LogP) is 13.7. The molecule has 0 aliphatic rings. The second-order valence-corrected chi connectivity index (χ2v) is 12.5. The number of hydrogen-bond donors (Lipinski definition) is 0. The van der Waals surface area contributed by atoms with Gasteiger partial charge in [-0.1, -0.05) is 171 Å². The molecule has 0 aliphatic heterocycles. The third-order valence-corrected chi connectivity index (χ3v) is 8.26. The van der Waals surface area contributed by atoms with E-state index in [-0.39, 0.29) is 11.8 Å². The lowest BCUT2D eigenvalue weighted by atomic mass is 9.99. The lowest BCUT2D eigenvalue weighted by Crippen LogP contribution is -2.28. The Morgan fingerprint density at radius 3 is 0.800 bits per heavy atom. The highest BCUT2D eigenvalue weighted by Crippen LogP contribution is 2.31. The number of rotatable bonds is 7. The number of nitrogens with zero attached hydrogens (tertiary/aromatic N) is 2. The monoisotopic (exact) mass is 722 g/mol. The number of benzene rings is 7. The maximum absolute atomic E-state index is 14.2. The van der Waals surface area contributed by atoms with Crippen molar-refractivity contribution in [1.29, 1.82) is 0 Å². The Balaban J connectivity index is 0.000000348. The van der Waals surface area contributed by atoms with Gasteiger partial charge in [0.1, 0.15) is 0 Å². The number of allylic oxidation sites excluding steroid dienone is 1. The summed E-state index contributed by atoms with van der Waals surface area (Å²) in [4.78, 5) is 31.7. The fourth-order valence-corrected chi connectivity index (χ4v) is 5.52. The van der Waals surface area contributed by atoms with Gasteiger partial charge >= 0.3 is 0 Å². The van der Waals surface area contributed by atoms with E-state index in [9.17, 15) is 9.59 Å². The number of amides is 2. The van der Waals surface area contributed by atoms with Gasteiger partial charge in [0.2, 0.25) is 0 Å². The van der Waals surface area contributed by atoms with Gasteiger partial charge in [0.25, 0.3) is 11.8 Å². The van der Waals surface area contributed by atoms with Crippen LogP contribution in [0, 0.1) is 13.8 Å². The van der Waals surface area contributed by atoms with Crippen LogP contribution in [0.3, 0.4) is 0 Å². The molecule has 0 radical (unpaired) electrons. The summed E-state index contributed by atoms with van der Waals surface area (Å²) in [7, 11) is 0. The maximum Gasteiger partial charge on any atom is 0.262 e. The second-order valence-electron chi connectivity index (χ2n) is 12.5. The van der Waals surface area contributed by atoms with E-state index < -0.39 is 0 Å². The quantitative estimate of drug-likeness (QED) is 0.164. The van der Waals surface area contributed by atoms with Crippen LogP contribution < -0.4 is 9.80 Å². The molecule has 2 amide bonds. The van der Waals surface area contributed by atoms with Gasteiger partial charge < -0.3 is 0 Å². The van der Waals surface area contributed by atoms with E-state index in [2.05, 4.69) is 44.7 Å². The van der Waals surface area contributed by atoms with Gasteiger partial charge in [0.05, 0.1) is 0 Å². The van der Waals surface area contributed by atoms with Crippen molar-refractivity contribution in [3.05, 3.63) is 235 Å². The molecular formula is C51H50N2O2. The van der Waals surface area contributed by atoms with Crippen LogP contribution in [-0.4, -0.2) is 11.8 Å². The molecule has 0 unspecified atom stereocenters. The van der Waals surface area contributed by atoms with Crippen molar-refractivity contribution in [2.75, 3.05) is 9.80 Å². The molecule has 276 valence electrons. The molecule has 0 bridgehead atoms. The summed E-state index contributed by atoms with van der Waals surface area (Å²) in [6.45, 7) is 14.1. The van der Waals surface area contributed by atoms with Gasteiger partial charge in [0, 0.05) is 33.9 Å². The van der Waals surface area contributed by atoms with Crippen LogP contribution in [0.2, 0.25) is 0 Å². The normalized spacial score (nSPS) is 9.76. The number of carbonyl (C=O) groups is 2. The van der Waals surface area contributed by atoms with Crippen molar-refractivity contribution >= 4 is 40.1 Å². The summed E-state index contributed by atoms with van der Waals surface area (Å²) < 4.78 is 0. The summed E-state index contributed by atoms with van der Waals surface area (Å²) in [5, 5.41) is 0. The van der Waals surface area contributed by atoms with Crippen LogP contribution in [0.1, 0.15) is 58.2 Å². The molecule has 0 aliphatic carbocycles. The maximum atomic E-state index is 14.2. The summed E-state index contributed by atoms with van der Waals surface area (Å²) in [6, 6.07) is 63.8. The van der Waals surface area contributed by atoms with E-state index in [0.29, 0.717) is 11.1 Å². The third-order valence-electron chi connectivity index (χ3n) is 8.26. The molecule has 4 heteroatoms. The minimum atomic E-state index is -0.240. The Morgan fingerprint density at radius 1 is 0.382 bits per heavy atom. The zero-order valence-corrected chi connectivity index (χ0v) is 32.5. The van der Waals surface area contributed by atoms with Gasteiger partial charge in [-0.15, -0.1) is 0 Å². The molecule has 0 spiro atoms. The van der Waals surface area contributed by atoms with Gasteiger partial charge in [-0.25, -0.2) is 0 Å². The lowest BCUT2D eigenvalue weighted by Gasteiger charge is -2.25. The third kappa shape index (κ3) is 12.1. The first-order valence-electron chi connectivity index (χ1n) is 18.5. The highest BCUT2D eigenvalue weighted by Gasteiger charge is 2.25. The molecular weight excluding hydrogens is 673 g/mol. The summed E-state index contributed by atoms with van der Waals surface area (Å²) >= 11 is 0. The van der Waals surface area contributed by atoms with E-state index >= 15 is 0 Å². The highest BCUT2D eigenvalue weighted by molar-refractivity contribution is 6.15. The number of aryl methyl sites for hydroxylation is 2. The Bertz CT molecular complexity index is 1960. The SMILES string of the molecule is C=C(C)c1cc(C(=O)N(c2ccccc2)c2ccccc2)cc(C(=O)N(c2ccccc2)c2ccccc2)c1.CC.Cc1ccccc1.Cc1ccccc1. The van der Waals surface area contributed by atoms with Crippen LogP contribution in [-0.2, 0) is 0 Å². The smallest absolute Gasteiger partial charge is 0.262 e. The zero-order chi connectivity index (χ0) is 39.4. The summed E-state index contributed by atoms with van der Waals surface area (Å²) in [5.41, 5.74) is 7.86. The Morgan fingerprint density at radius 2 is 0.600 bits per heavy atom. The molecule has 7 aromatic rings. The van der Waals surface area contributed by atoms with Crippen LogP contribution in [0.25, 0.3) is 5.57 Å². The van der Waals surface area contributed by atoms with Crippen molar-refractivity contribution in [2.24, 2.45) is 0 Å². The average molecular weight is 723 g/mol. The molecule has 55 heavy (non-hydrogen) atoms. The molecule has 0 fully saturated rings. The zero-order valence-electron chi connectivity index (χ0n) is 32.5. The molecule has 0 aromatic heterocycles. The number of anilines is 4. The van der Waals surface area contributed by atoms with Crippen molar-refractivity contribution < 1.29 is 9.59 Å². The average Bonchev–Trinajstić information content (AvgIpc) is 3.24. The molecule has 0 saturated carbocycles. The highest BCUT2D eigenvalue weighted by atomic mass is 16.2. The first-order valence-corrected chi connectivity index (χ1v) is 18.5. The summed E-state index contributed by atoms with van der Waals surface area (Å²) in [6.07, 6.45) is 0. The minimum absolute atomic E-state index is 0.240. The van der Waals surface area contributed by atoms with Gasteiger partial charge in [-0.3, -0.25) is 19.4 Å². The lowest BCUT2D eigenvalue weighted by molar-refractivity contribution is 0.0998. The minimum Gasteiger partial charge on any atom is -0.277 e. The molecule has 0 atom stereocenters. The molecule has 7 aromatic carbocycles. The number of hydrogen-bond acceptors (Lipinski definition) is 2. The Labute approximate surface area is 327 Å². The van der Waals surface area contributed by atoms with Crippen LogP contribution >= 0.6 is 0 Å². The molecule has 0 saturated heterocycles. The topological polar surface area (TPSA) is 40.6 Å². The number of carbonyl (C=O) groups excluding carboxylic acids is 2. The van der Waals surface area contributed by atoms with Gasteiger partial charge in [-0.2, -0.15) is 0 Å². The van der Waals surface area contributed by atoms with Gasteiger partial charge in [0.15, 0.2) is 0 Å². The fourth-order valence-electron chi connectivity index (χ4n) is 5.52. The van der Waals surface area contributed by atoms with E-state index in [0.717, 1.165) is 33.9 Å². The standard InChI is InChI=1S/C35H28N2O2.2C7H8.C2H6/c1-26(2)27-23-28(34(38)36(30-15-7-3-8-16-30)31-17-9-4-10-18-31)25-29(24-27)35(39)37(32-19-11-5-12-20-32)33-21-13-6-14-22-33;2*1-7-5-3-2-4-6-7;1-2/h3-25H,1H2,2H3;2*2-6H,1H3;1-2H3. The summed E-state index contributed by atoms with van der Waals surface area (Å²) in [5.74, 6) is -0.481. The molecule has 0 heterocycles. The fraction of sp³-hybridized carbons (Fsp3) is 0.0980. The molecule has 4 nitrogen and oxygen atoms in total. The van der Waals surface area contributed by atoms with Crippen LogP contribution in [0.5, 0.6) is 0 Å². The van der Waals surface area contributed by atoms with E-state index in [1.54, 1.807) is 28.0 Å². The second kappa shape index (κ2) is 21.7. The van der Waals surface area contributed by atoms with E-state index in [1.165, 1.54) is 11.1 Å². The first kappa shape index (κ1) is 41.0. The molecule has 7 rings (SSSR count). The van der Waals surface area contributed by atoms with Crippen LogP contribution in [0.4, 0.5) is 22.7 Å². The van der Waals surface area contributed by atoms with E-state index in [4.69, 9.17) is 0 Å². The number of para-hydroxylation sites is 4. The largest absolute Gasteiger partial charge is 0.277 e. The van der Waals surface area contributed by atoms with Crippen molar-refractivity contribution in [2.45, 2.75) is 34.6 Å². The van der Waals surface area contributed by atoms with Crippen molar-refractivity contribution in [1.82, 2.24) is 0 Å². The predicted molar refractivity (Wildman–Crippen MR) is 234 cm³/mol. The van der Waals surface area contributed by atoms with Crippen molar-refractivity contribution in [3.63, 3.8) is 0 Å². The molecule has 0 N–H and O–H groups in total. The van der Waals surface area contributed by atoms with Gasteiger partial charge in [-0.05, 0) is 93.1 Å². The Hall–Kier alpha value is -6.78. The first-order chi connectivity index (χ1) is 26.8. The van der Waals surface area contributed by atoms with Crippen LogP contribution in [0.15, 0.2) is 207 Å².